The molecule has 0 aliphatic carbocycles. The molecule has 0 bridgehead atoms. The predicted octanol–water partition coefficient (Wildman–Crippen LogP) is 3.64. The van der Waals surface area contributed by atoms with Gasteiger partial charge in [0.2, 0.25) is 0 Å². The molecule has 0 aliphatic heterocycles. The number of hydrogen-bond donors (Lipinski definition) is 0. The summed E-state index contributed by atoms with van der Waals surface area (Å²) in [5.41, 5.74) is 2.49. The van der Waals surface area contributed by atoms with E-state index < -0.39 is 0 Å². The molecular weight excluding hydrogens is 190 g/mol. The summed E-state index contributed by atoms with van der Waals surface area (Å²) in [5, 5.41) is 10.3. The van der Waals surface area contributed by atoms with Crippen LogP contribution in [0.15, 0.2) is 18.2 Å². The van der Waals surface area contributed by atoms with Crippen LogP contribution in [0.4, 0.5) is 0 Å². The van der Waals surface area contributed by atoms with Gasteiger partial charge in [-0.05, 0) is 35.9 Å². The third kappa shape index (κ3) is 1.21. The SMILES string of the molecule is CCc1c(C#N)sc2cccc(C)c12. The van der Waals surface area contributed by atoms with Crippen LogP contribution in [0.1, 0.15) is 22.9 Å². The van der Waals surface area contributed by atoms with Gasteiger partial charge < -0.3 is 0 Å². The summed E-state index contributed by atoms with van der Waals surface area (Å²) >= 11 is 1.60. The lowest BCUT2D eigenvalue weighted by atomic mass is 10.0. The highest BCUT2D eigenvalue weighted by Crippen LogP contribution is 2.33. The van der Waals surface area contributed by atoms with Gasteiger partial charge in [-0.25, -0.2) is 0 Å². The Morgan fingerprint density at radius 1 is 1.43 bits per heavy atom. The van der Waals surface area contributed by atoms with E-state index in [9.17, 15) is 0 Å². The van der Waals surface area contributed by atoms with E-state index in [4.69, 9.17) is 5.26 Å². The monoisotopic (exact) mass is 201 g/mol. The van der Waals surface area contributed by atoms with Gasteiger partial charge in [0.1, 0.15) is 10.9 Å². The van der Waals surface area contributed by atoms with Gasteiger partial charge in [-0.3, -0.25) is 0 Å². The summed E-state index contributed by atoms with van der Waals surface area (Å²) in [4.78, 5) is 0.872. The third-order valence-electron chi connectivity index (χ3n) is 2.48. The van der Waals surface area contributed by atoms with Gasteiger partial charge >= 0.3 is 0 Å². The Hall–Kier alpha value is -1.33. The molecule has 0 aliphatic rings. The highest BCUT2D eigenvalue weighted by molar-refractivity contribution is 7.19. The number of thiophene rings is 1. The molecule has 2 heteroatoms. The van der Waals surface area contributed by atoms with Gasteiger partial charge in [0, 0.05) is 4.70 Å². The molecule has 0 spiro atoms. The minimum Gasteiger partial charge on any atom is -0.192 e. The Morgan fingerprint density at radius 2 is 2.21 bits per heavy atom. The van der Waals surface area contributed by atoms with Gasteiger partial charge in [-0.2, -0.15) is 5.26 Å². The zero-order chi connectivity index (χ0) is 10.1. The van der Waals surface area contributed by atoms with Crippen LogP contribution in [0.3, 0.4) is 0 Å². The topological polar surface area (TPSA) is 23.8 Å². The van der Waals surface area contributed by atoms with E-state index in [1.807, 2.05) is 0 Å². The fourth-order valence-corrected chi connectivity index (χ4v) is 2.99. The standard InChI is InChI=1S/C12H11NS/c1-3-9-11(7-13)14-10-6-4-5-8(2)12(9)10/h4-6H,3H2,1-2H3. The normalized spacial score (nSPS) is 10.4. The molecule has 0 fully saturated rings. The van der Waals surface area contributed by atoms with Crippen molar-refractivity contribution in [3.8, 4) is 6.07 Å². The number of hydrogen-bond acceptors (Lipinski definition) is 2. The van der Waals surface area contributed by atoms with Crippen molar-refractivity contribution < 1.29 is 0 Å². The Balaban J connectivity index is 2.90. The lowest BCUT2D eigenvalue weighted by Crippen LogP contribution is -1.82. The van der Waals surface area contributed by atoms with Gasteiger partial charge in [0.25, 0.3) is 0 Å². The average Bonchev–Trinajstić information content (AvgIpc) is 2.56. The first-order chi connectivity index (χ1) is 6.77. The summed E-state index contributed by atoms with van der Waals surface area (Å²) in [6.07, 6.45) is 0.938. The smallest absolute Gasteiger partial charge is 0.110 e. The van der Waals surface area contributed by atoms with Crippen molar-refractivity contribution in [2.24, 2.45) is 0 Å². The molecule has 1 aromatic heterocycles. The first-order valence-electron chi connectivity index (χ1n) is 4.69. The summed E-state index contributed by atoms with van der Waals surface area (Å²) in [6.45, 7) is 4.21. The summed E-state index contributed by atoms with van der Waals surface area (Å²) in [6, 6.07) is 8.53. The molecule has 0 saturated carbocycles. The lowest BCUT2D eigenvalue weighted by molar-refractivity contribution is 1.16. The van der Waals surface area contributed by atoms with Gasteiger partial charge in [-0.1, -0.05) is 19.1 Å². The fraction of sp³-hybridized carbons (Fsp3) is 0.250. The molecule has 2 rings (SSSR count). The Morgan fingerprint density at radius 3 is 2.86 bits per heavy atom. The van der Waals surface area contributed by atoms with Crippen LogP contribution >= 0.6 is 11.3 Å². The molecule has 0 unspecified atom stereocenters. The van der Waals surface area contributed by atoms with Gasteiger partial charge in [-0.15, -0.1) is 11.3 Å². The quantitative estimate of drug-likeness (QED) is 0.691. The second-order valence-electron chi connectivity index (χ2n) is 3.32. The average molecular weight is 201 g/mol. The van der Waals surface area contributed by atoms with Crippen LogP contribution in [-0.2, 0) is 6.42 Å². The van der Waals surface area contributed by atoms with Crippen molar-refractivity contribution in [3.05, 3.63) is 34.2 Å². The molecule has 0 saturated heterocycles. The second kappa shape index (κ2) is 3.43. The van der Waals surface area contributed by atoms with E-state index in [1.165, 1.54) is 21.2 Å². The maximum Gasteiger partial charge on any atom is 0.110 e. The van der Waals surface area contributed by atoms with Crippen LogP contribution in [-0.4, -0.2) is 0 Å². The maximum absolute atomic E-state index is 9.00. The van der Waals surface area contributed by atoms with Crippen molar-refractivity contribution >= 4 is 21.4 Å². The first-order valence-corrected chi connectivity index (χ1v) is 5.50. The summed E-state index contributed by atoms with van der Waals surface area (Å²) in [7, 11) is 0. The molecular formula is C12H11NS. The van der Waals surface area contributed by atoms with Crippen molar-refractivity contribution in [1.29, 1.82) is 5.26 Å². The van der Waals surface area contributed by atoms with Gasteiger partial charge in [0.15, 0.2) is 0 Å². The van der Waals surface area contributed by atoms with Crippen molar-refractivity contribution in [2.75, 3.05) is 0 Å². The van der Waals surface area contributed by atoms with Gasteiger partial charge in [0.05, 0.1) is 0 Å². The van der Waals surface area contributed by atoms with E-state index in [-0.39, 0.29) is 0 Å². The van der Waals surface area contributed by atoms with Crippen LogP contribution in [0.5, 0.6) is 0 Å². The minimum atomic E-state index is 0.872. The molecule has 70 valence electrons. The molecule has 0 amide bonds. The minimum absolute atomic E-state index is 0.872. The van der Waals surface area contributed by atoms with Crippen LogP contribution in [0.2, 0.25) is 0 Å². The summed E-state index contributed by atoms with van der Waals surface area (Å²) in [5.74, 6) is 0. The molecule has 0 radical (unpaired) electrons. The fourth-order valence-electron chi connectivity index (χ4n) is 1.83. The number of nitrogens with zero attached hydrogens (tertiary/aromatic N) is 1. The number of rotatable bonds is 1. The number of aryl methyl sites for hydroxylation is 2. The van der Waals surface area contributed by atoms with E-state index in [0.29, 0.717) is 0 Å². The maximum atomic E-state index is 9.00. The van der Waals surface area contributed by atoms with Crippen LogP contribution in [0.25, 0.3) is 10.1 Å². The molecule has 1 aromatic carbocycles. The Bertz CT molecular complexity index is 517. The Labute approximate surface area is 87.6 Å². The molecule has 0 N–H and O–H groups in total. The van der Waals surface area contributed by atoms with Crippen molar-refractivity contribution in [2.45, 2.75) is 20.3 Å². The predicted molar refractivity (Wildman–Crippen MR) is 60.7 cm³/mol. The van der Waals surface area contributed by atoms with Crippen LogP contribution in [0, 0.1) is 18.3 Å². The molecule has 2 aromatic rings. The highest BCUT2D eigenvalue weighted by Gasteiger charge is 2.11. The van der Waals surface area contributed by atoms with E-state index in [1.54, 1.807) is 11.3 Å². The van der Waals surface area contributed by atoms with E-state index in [2.05, 4.69) is 38.1 Å². The number of nitriles is 1. The molecule has 14 heavy (non-hydrogen) atoms. The van der Waals surface area contributed by atoms with E-state index >= 15 is 0 Å². The largest absolute Gasteiger partial charge is 0.192 e. The van der Waals surface area contributed by atoms with Crippen LogP contribution < -0.4 is 0 Å². The second-order valence-corrected chi connectivity index (χ2v) is 4.38. The number of fused-ring (bicyclic) bond motifs is 1. The molecule has 1 heterocycles. The molecule has 0 atom stereocenters. The summed E-state index contributed by atoms with van der Waals surface area (Å²) < 4.78 is 1.23. The van der Waals surface area contributed by atoms with E-state index in [0.717, 1.165) is 11.3 Å². The van der Waals surface area contributed by atoms with Crippen molar-refractivity contribution in [1.82, 2.24) is 0 Å². The molecule has 1 nitrogen and oxygen atoms in total. The lowest BCUT2D eigenvalue weighted by Gasteiger charge is -1.98. The highest BCUT2D eigenvalue weighted by atomic mass is 32.1. The first kappa shape index (κ1) is 9.23. The third-order valence-corrected chi connectivity index (χ3v) is 3.58. The number of benzene rings is 1. The Kier molecular flexibility index (Phi) is 2.26. The van der Waals surface area contributed by atoms with Crippen molar-refractivity contribution in [3.63, 3.8) is 0 Å². The zero-order valence-electron chi connectivity index (χ0n) is 8.29. The zero-order valence-corrected chi connectivity index (χ0v) is 9.11.